The van der Waals surface area contributed by atoms with Crippen LogP contribution in [0.25, 0.3) is 22.9 Å². The molecule has 0 saturated carbocycles. The second kappa shape index (κ2) is 6.71. The van der Waals surface area contributed by atoms with Crippen LogP contribution in [-0.2, 0) is 9.84 Å². The Morgan fingerprint density at radius 2 is 1.48 bits per heavy atom. The lowest BCUT2D eigenvalue weighted by molar-refractivity contribution is 0.0696. The van der Waals surface area contributed by atoms with Gasteiger partial charge >= 0.3 is 5.97 Å². The summed E-state index contributed by atoms with van der Waals surface area (Å²) in [5.41, 5.74) is 1.02. The summed E-state index contributed by atoms with van der Waals surface area (Å²) in [5.74, 6) is -1.34. The zero-order valence-corrected chi connectivity index (χ0v) is 16.5. The van der Waals surface area contributed by atoms with Crippen LogP contribution in [0.2, 0.25) is 0 Å². The summed E-state index contributed by atoms with van der Waals surface area (Å²) in [7, 11) is -3.90. The topological polar surface area (TPSA) is 127 Å². The number of benzene rings is 3. The van der Waals surface area contributed by atoms with Crippen LogP contribution in [0.4, 0.5) is 0 Å². The molecule has 9 heteroatoms. The minimum atomic E-state index is -3.90. The van der Waals surface area contributed by atoms with Crippen LogP contribution in [0.1, 0.15) is 26.3 Å². The standard InChI is InChI=1S/C22H12N2O6S/c25-19-15-6-1-2-7-17(15)31(28,29)18-11-13(8-9-16(18)19)21-24-23-20(30-21)12-4-3-5-14(10-12)22(26)27/h1-11H,(H,26,27). The average Bonchev–Trinajstić information content (AvgIpc) is 3.28. The Labute approximate surface area is 175 Å². The normalized spacial score (nSPS) is 14.0. The summed E-state index contributed by atoms with van der Waals surface area (Å²) >= 11 is 0. The zero-order chi connectivity index (χ0) is 21.8. The fourth-order valence-corrected chi connectivity index (χ4v) is 5.14. The third-order valence-corrected chi connectivity index (χ3v) is 6.82. The third kappa shape index (κ3) is 2.94. The van der Waals surface area contributed by atoms with Gasteiger partial charge in [0.15, 0.2) is 5.78 Å². The Bertz CT molecular complexity index is 1500. The van der Waals surface area contributed by atoms with Gasteiger partial charge in [-0.25, -0.2) is 13.2 Å². The molecule has 0 atom stereocenters. The molecule has 1 aliphatic heterocycles. The van der Waals surface area contributed by atoms with E-state index in [1.807, 2.05) is 0 Å². The van der Waals surface area contributed by atoms with Crippen LogP contribution in [-0.4, -0.2) is 35.5 Å². The molecule has 0 amide bonds. The van der Waals surface area contributed by atoms with Gasteiger partial charge in [-0.15, -0.1) is 10.2 Å². The molecule has 31 heavy (non-hydrogen) atoms. The maximum atomic E-state index is 13.1. The fourth-order valence-electron chi connectivity index (χ4n) is 3.46. The molecule has 0 fully saturated rings. The number of rotatable bonds is 3. The highest BCUT2D eigenvalue weighted by molar-refractivity contribution is 7.91. The van der Waals surface area contributed by atoms with Crippen LogP contribution < -0.4 is 0 Å². The van der Waals surface area contributed by atoms with E-state index >= 15 is 0 Å². The van der Waals surface area contributed by atoms with Crippen LogP contribution >= 0.6 is 0 Å². The maximum absolute atomic E-state index is 13.1. The molecular weight excluding hydrogens is 420 g/mol. The molecule has 2 heterocycles. The molecule has 0 bridgehead atoms. The lowest BCUT2D eigenvalue weighted by Crippen LogP contribution is -2.20. The van der Waals surface area contributed by atoms with Crippen molar-refractivity contribution in [1.82, 2.24) is 10.2 Å². The van der Waals surface area contributed by atoms with Crippen molar-refractivity contribution in [1.29, 1.82) is 0 Å². The molecule has 1 aromatic heterocycles. The van der Waals surface area contributed by atoms with E-state index in [0.717, 1.165) is 0 Å². The largest absolute Gasteiger partial charge is 0.478 e. The van der Waals surface area contributed by atoms with Crippen molar-refractivity contribution in [2.24, 2.45) is 0 Å². The first kappa shape index (κ1) is 18.9. The Morgan fingerprint density at radius 1 is 0.806 bits per heavy atom. The number of nitrogens with zero attached hydrogens (tertiary/aromatic N) is 2. The lowest BCUT2D eigenvalue weighted by Gasteiger charge is -2.18. The van der Waals surface area contributed by atoms with E-state index < -0.39 is 15.8 Å². The van der Waals surface area contributed by atoms with E-state index in [1.54, 1.807) is 24.3 Å². The third-order valence-electron chi connectivity index (χ3n) is 4.97. The molecule has 8 nitrogen and oxygen atoms in total. The predicted molar refractivity (Wildman–Crippen MR) is 107 cm³/mol. The summed E-state index contributed by atoms with van der Waals surface area (Å²) in [6, 6.07) is 16.4. The van der Waals surface area contributed by atoms with Gasteiger partial charge in [0.2, 0.25) is 21.6 Å². The van der Waals surface area contributed by atoms with E-state index in [0.29, 0.717) is 11.1 Å². The maximum Gasteiger partial charge on any atom is 0.335 e. The second-order valence-electron chi connectivity index (χ2n) is 6.84. The number of hydrogen-bond acceptors (Lipinski definition) is 7. The number of ketones is 1. The first-order valence-corrected chi connectivity index (χ1v) is 10.5. The first-order chi connectivity index (χ1) is 14.9. The smallest absolute Gasteiger partial charge is 0.335 e. The summed E-state index contributed by atoms with van der Waals surface area (Å²) in [5, 5.41) is 17.0. The average molecular weight is 432 g/mol. The molecule has 152 valence electrons. The summed E-state index contributed by atoms with van der Waals surface area (Å²) < 4.78 is 31.8. The van der Waals surface area contributed by atoms with Crippen LogP contribution in [0.5, 0.6) is 0 Å². The molecular formula is C22H12N2O6S. The van der Waals surface area contributed by atoms with E-state index in [9.17, 15) is 18.0 Å². The molecule has 0 spiro atoms. The first-order valence-electron chi connectivity index (χ1n) is 9.07. The van der Waals surface area contributed by atoms with Crippen LogP contribution in [0.3, 0.4) is 0 Å². The van der Waals surface area contributed by atoms with Gasteiger partial charge in [0.1, 0.15) is 0 Å². The van der Waals surface area contributed by atoms with Gasteiger partial charge in [-0.05, 0) is 48.5 Å². The number of carbonyl (C=O) groups excluding carboxylic acids is 1. The number of sulfone groups is 1. The van der Waals surface area contributed by atoms with Crippen molar-refractivity contribution in [3.8, 4) is 22.9 Å². The second-order valence-corrected chi connectivity index (χ2v) is 8.72. The van der Waals surface area contributed by atoms with E-state index in [2.05, 4.69) is 10.2 Å². The molecule has 0 saturated heterocycles. The fraction of sp³-hybridized carbons (Fsp3) is 0. The predicted octanol–water partition coefficient (Wildman–Crippen LogP) is 3.48. The molecule has 5 rings (SSSR count). The molecule has 1 N–H and O–H groups in total. The number of carboxylic acids is 1. The van der Waals surface area contributed by atoms with E-state index in [1.165, 1.54) is 42.5 Å². The van der Waals surface area contributed by atoms with Gasteiger partial charge in [0.25, 0.3) is 0 Å². The van der Waals surface area contributed by atoms with Crippen molar-refractivity contribution in [3.05, 3.63) is 83.4 Å². The zero-order valence-electron chi connectivity index (χ0n) is 15.6. The number of fused-ring (bicyclic) bond motifs is 2. The van der Waals surface area contributed by atoms with Gasteiger partial charge < -0.3 is 9.52 Å². The number of hydrogen-bond donors (Lipinski definition) is 1. The summed E-state index contributed by atoms with van der Waals surface area (Å²) in [4.78, 5) is 23.8. The highest BCUT2D eigenvalue weighted by Gasteiger charge is 2.35. The lowest BCUT2D eigenvalue weighted by atomic mass is 10.0. The highest BCUT2D eigenvalue weighted by Crippen LogP contribution is 2.36. The monoisotopic (exact) mass is 432 g/mol. The minimum absolute atomic E-state index is 0.0404. The van der Waals surface area contributed by atoms with Gasteiger partial charge in [-0.2, -0.15) is 0 Å². The van der Waals surface area contributed by atoms with Crippen LogP contribution in [0.15, 0.2) is 80.9 Å². The van der Waals surface area contributed by atoms with Gasteiger partial charge in [0, 0.05) is 22.3 Å². The van der Waals surface area contributed by atoms with Crippen molar-refractivity contribution >= 4 is 21.6 Å². The van der Waals surface area contributed by atoms with Gasteiger partial charge in [0.05, 0.1) is 15.4 Å². The number of carboxylic acid groups (broad SMARTS) is 1. The molecule has 1 aliphatic rings. The summed E-state index contributed by atoms with van der Waals surface area (Å²) in [6.45, 7) is 0. The van der Waals surface area contributed by atoms with E-state index in [-0.39, 0.29) is 44.0 Å². The molecule has 3 aromatic carbocycles. The Morgan fingerprint density at radius 3 is 2.23 bits per heavy atom. The van der Waals surface area contributed by atoms with Crippen molar-refractivity contribution in [2.45, 2.75) is 9.79 Å². The Kier molecular flexibility index (Phi) is 4.09. The SMILES string of the molecule is O=C(O)c1cccc(-c2nnc(-c3ccc4c(c3)S(=O)(=O)c3ccccc3C4=O)o2)c1. The van der Waals surface area contributed by atoms with Crippen molar-refractivity contribution in [2.75, 3.05) is 0 Å². The number of carbonyl (C=O) groups is 2. The van der Waals surface area contributed by atoms with E-state index in [4.69, 9.17) is 9.52 Å². The molecule has 0 aliphatic carbocycles. The molecule has 0 radical (unpaired) electrons. The number of aromatic carboxylic acids is 1. The van der Waals surface area contributed by atoms with Gasteiger partial charge in [-0.3, -0.25) is 4.79 Å². The quantitative estimate of drug-likeness (QED) is 0.459. The van der Waals surface area contributed by atoms with Crippen LogP contribution in [0, 0.1) is 0 Å². The Balaban J connectivity index is 1.59. The number of aromatic nitrogens is 2. The Hall–Kier alpha value is -4.11. The molecule has 4 aromatic rings. The highest BCUT2D eigenvalue weighted by atomic mass is 32.2. The van der Waals surface area contributed by atoms with Gasteiger partial charge in [-0.1, -0.05) is 18.2 Å². The van der Waals surface area contributed by atoms with Crippen molar-refractivity contribution in [3.63, 3.8) is 0 Å². The molecule has 0 unspecified atom stereocenters. The summed E-state index contributed by atoms with van der Waals surface area (Å²) in [6.07, 6.45) is 0. The minimum Gasteiger partial charge on any atom is -0.478 e. The van der Waals surface area contributed by atoms with Crippen molar-refractivity contribution < 1.29 is 27.5 Å².